The second-order valence-electron chi connectivity index (χ2n) is 6.11. The minimum Gasteiger partial charge on any atom is -0.497 e. The highest BCUT2D eigenvalue weighted by atomic mass is 32.2. The summed E-state index contributed by atoms with van der Waals surface area (Å²) in [6, 6.07) is 13.4. The molecule has 0 fully saturated rings. The van der Waals surface area contributed by atoms with Crippen molar-refractivity contribution in [2.24, 2.45) is 0 Å². The Labute approximate surface area is 160 Å². The number of carbonyl (C=O) groups excluding carboxylic acids is 1. The van der Waals surface area contributed by atoms with Crippen LogP contribution in [0.2, 0.25) is 0 Å². The van der Waals surface area contributed by atoms with Gasteiger partial charge in [-0.15, -0.1) is 0 Å². The van der Waals surface area contributed by atoms with Gasteiger partial charge in [-0.1, -0.05) is 12.1 Å². The van der Waals surface area contributed by atoms with E-state index in [-0.39, 0.29) is 24.1 Å². The zero-order chi connectivity index (χ0) is 20.0. The molecule has 0 aliphatic heterocycles. The minimum atomic E-state index is -3.47. The van der Waals surface area contributed by atoms with Crippen LogP contribution in [0.4, 0.5) is 5.69 Å². The van der Waals surface area contributed by atoms with Gasteiger partial charge in [0.05, 0.1) is 30.7 Å². The van der Waals surface area contributed by atoms with Gasteiger partial charge in [-0.05, 0) is 43.3 Å². The molecule has 27 heavy (non-hydrogen) atoms. The normalized spacial score (nSPS) is 12.1. The Morgan fingerprint density at radius 1 is 1.11 bits per heavy atom. The maximum atomic E-state index is 12.6. The lowest BCUT2D eigenvalue weighted by Gasteiger charge is -2.21. The highest BCUT2D eigenvalue weighted by Gasteiger charge is 2.20. The Kier molecular flexibility index (Phi) is 6.68. The number of anilines is 1. The molecule has 0 bridgehead atoms. The van der Waals surface area contributed by atoms with E-state index in [0.29, 0.717) is 11.4 Å². The fourth-order valence-corrected chi connectivity index (χ4v) is 2.87. The van der Waals surface area contributed by atoms with Crippen LogP contribution in [0.15, 0.2) is 48.5 Å². The van der Waals surface area contributed by atoms with E-state index in [1.165, 1.54) is 7.05 Å². The summed E-state index contributed by atoms with van der Waals surface area (Å²) in [4.78, 5) is 12.6. The lowest BCUT2D eigenvalue weighted by Crippen LogP contribution is -2.38. The molecule has 0 aliphatic rings. The molecule has 1 N–H and O–H groups in total. The number of hydrogen-bond acceptors (Lipinski definition) is 5. The summed E-state index contributed by atoms with van der Waals surface area (Å²) < 4.78 is 35.4. The SMILES string of the molecule is COc1ccc(OCC(C)NC(=O)c2ccccc2N(C)S(C)(=O)=O)cc1. The molecule has 0 aliphatic carbocycles. The van der Waals surface area contributed by atoms with Crippen molar-refractivity contribution < 1.29 is 22.7 Å². The predicted octanol–water partition coefficient (Wildman–Crippen LogP) is 2.29. The second-order valence-corrected chi connectivity index (χ2v) is 8.12. The third kappa shape index (κ3) is 5.62. The van der Waals surface area contributed by atoms with Crippen LogP contribution in [-0.2, 0) is 10.0 Å². The fourth-order valence-electron chi connectivity index (χ4n) is 2.36. The molecule has 0 saturated carbocycles. The summed E-state index contributed by atoms with van der Waals surface area (Å²) in [6.07, 6.45) is 1.09. The van der Waals surface area contributed by atoms with E-state index < -0.39 is 10.0 Å². The number of ether oxygens (including phenoxy) is 2. The van der Waals surface area contributed by atoms with Crippen LogP contribution in [0, 0.1) is 0 Å². The van der Waals surface area contributed by atoms with E-state index in [1.54, 1.807) is 55.6 Å². The number of nitrogens with zero attached hydrogens (tertiary/aromatic N) is 1. The molecule has 8 heteroatoms. The van der Waals surface area contributed by atoms with Gasteiger partial charge in [0.1, 0.15) is 18.1 Å². The summed E-state index contributed by atoms with van der Waals surface area (Å²) in [7, 11) is -0.470. The minimum absolute atomic E-state index is 0.266. The van der Waals surface area contributed by atoms with E-state index in [4.69, 9.17) is 9.47 Å². The molecule has 0 saturated heterocycles. The fraction of sp³-hybridized carbons (Fsp3) is 0.316. The number of amides is 1. The molecule has 146 valence electrons. The number of rotatable bonds is 8. The van der Waals surface area contributed by atoms with Crippen molar-refractivity contribution in [2.75, 3.05) is 31.3 Å². The molecule has 0 aromatic heterocycles. The van der Waals surface area contributed by atoms with Gasteiger partial charge < -0.3 is 14.8 Å². The summed E-state index contributed by atoms with van der Waals surface area (Å²) in [5, 5.41) is 2.83. The molecule has 7 nitrogen and oxygen atoms in total. The first-order valence-electron chi connectivity index (χ1n) is 8.33. The third-order valence-electron chi connectivity index (χ3n) is 3.92. The van der Waals surface area contributed by atoms with Gasteiger partial charge in [-0.2, -0.15) is 0 Å². The number of para-hydroxylation sites is 1. The van der Waals surface area contributed by atoms with Gasteiger partial charge in [-0.3, -0.25) is 9.10 Å². The van der Waals surface area contributed by atoms with Crippen molar-refractivity contribution in [3.63, 3.8) is 0 Å². The monoisotopic (exact) mass is 392 g/mol. The number of carbonyl (C=O) groups is 1. The Morgan fingerprint density at radius 2 is 1.70 bits per heavy atom. The first-order chi connectivity index (χ1) is 12.7. The first-order valence-corrected chi connectivity index (χ1v) is 10.2. The van der Waals surface area contributed by atoms with E-state index in [2.05, 4.69) is 5.32 Å². The molecule has 2 rings (SSSR count). The van der Waals surface area contributed by atoms with Gasteiger partial charge in [-0.25, -0.2) is 8.42 Å². The number of nitrogens with one attached hydrogen (secondary N) is 1. The van der Waals surface area contributed by atoms with Crippen LogP contribution >= 0.6 is 0 Å². The summed E-state index contributed by atoms with van der Waals surface area (Å²) >= 11 is 0. The first kappa shape index (κ1) is 20.6. The van der Waals surface area contributed by atoms with Gasteiger partial charge >= 0.3 is 0 Å². The lowest BCUT2D eigenvalue weighted by atomic mass is 10.1. The van der Waals surface area contributed by atoms with Crippen molar-refractivity contribution in [3.8, 4) is 11.5 Å². The molecule has 2 aromatic carbocycles. The number of methoxy groups -OCH3 is 1. The summed E-state index contributed by atoms with van der Waals surface area (Å²) in [5.74, 6) is 1.02. The number of hydrogen-bond donors (Lipinski definition) is 1. The zero-order valence-electron chi connectivity index (χ0n) is 15.8. The van der Waals surface area contributed by atoms with E-state index in [1.807, 2.05) is 6.92 Å². The molecule has 2 aromatic rings. The van der Waals surface area contributed by atoms with Crippen LogP contribution in [-0.4, -0.2) is 47.4 Å². The molecule has 0 heterocycles. The van der Waals surface area contributed by atoms with Crippen molar-refractivity contribution in [2.45, 2.75) is 13.0 Å². The van der Waals surface area contributed by atoms with Crippen molar-refractivity contribution >= 4 is 21.6 Å². The standard InChI is InChI=1S/C19H24N2O5S/c1-14(13-26-16-11-9-15(25-3)10-12-16)20-19(22)17-7-5-6-8-18(17)21(2)27(4,23)24/h5-12,14H,13H2,1-4H3,(H,20,22). The largest absolute Gasteiger partial charge is 0.497 e. The number of benzene rings is 2. The van der Waals surface area contributed by atoms with Gasteiger partial charge in [0, 0.05) is 7.05 Å². The van der Waals surface area contributed by atoms with E-state index in [0.717, 1.165) is 16.3 Å². The van der Waals surface area contributed by atoms with Gasteiger partial charge in [0.15, 0.2) is 0 Å². The van der Waals surface area contributed by atoms with E-state index >= 15 is 0 Å². The lowest BCUT2D eigenvalue weighted by molar-refractivity contribution is 0.0927. The van der Waals surface area contributed by atoms with Crippen molar-refractivity contribution in [1.82, 2.24) is 5.32 Å². The molecule has 0 radical (unpaired) electrons. The van der Waals surface area contributed by atoms with Gasteiger partial charge in [0.2, 0.25) is 10.0 Å². The van der Waals surface area contributed by atoms with Crippen molar-refractivity contribution in [1.29, 1.82) is 0 Å². The molecule has 1 amide bonds. The quantitative estimate of drug-likeness (QED) is 0.745. The Morgan fingerprint density at radius 3 is 2.30 bits per heavy atom. The van der Waals surface area contributed by atoms with Crippen LogP contribution in [0.25, 0.3) is 0 Å². The topological polar surface area (TPSA) is 84.9 Å². The maximum absolute atomic E-state index is 12.6. The van der Waals surface area contributed by atoms with Crippen LogP contribution < -0.4 is 19.1 Å². The Bertz CT molecular complexity index is 881. The Balaban J connectivity index is 2.02. The van der Waals surface area contributed by atoms with Crippen molar-refractivity contribution in [3.05, 3.63) is 54.1 Å². The molecular weight excluding hydrogens is 368 g/mol. The third-order valence-corrected chi connectivity index (χ3v) is 5.11. The summed E-state index contributed by atoms with van der Waals surface area (Å²) in [5.41, 5.74) is 0.600. The Hall–Kier alpha value is -2.74. The smallest absolute Gasteiger partial charge is 0.253 e. The average Bonchev–Trinajstić information content (AvgIpc) is 2.65. The zero-order valence-corrected chi connectivity index (χ0v) is 16.6. The summed E-state index contributed by atoms with van der Waals surface area (Å²) in [6.45, 7) is 2.08. The molecular formula is C19H24N2O5S. The predicted molar refractivity (Wildman–Crippen MR) is 105 cm³/mol. The number of sulfonamides is 1. The maximum Gasteiger partial charge on any atom is 0.253 e. The van der Waals surface area contributed by atoms with Crippen LogP contribution in [0.5, 0.6) is 11.5 Å². The highest BCUT2D eigenvalue weighted by Crippen LogP contribution is 2.21. The van der Waals surface area contributed by atoms with Crippen LogP contribution in [0.3, 0.4) is 0 Å². The molecule has 1 atom stereocenters. The molecule has 1 unspecified atom stereocenters. The molecule has 0 spiro atoms. The van der Waals surface area contributed by atoms with Gasteiger partial charge in [0.25, 0.3) is 5.91 Å². The van der Waals surface area contributed by atoms with Crippen LogP contribution in [0.1, 0.15) is 17.3 Å². The second kappa shape index (κ2) is 8.77. The van der Waals surface area contributed by atoms with E-state index in [9.17, 15) is 13.2 Å². The average molecular weight is 392 g/mol. The highest BCUT2D eigenvalue weighted by molar-refractivity contribution is 7.92.